The lowest BCUT2D eigenvalue weighted by molar-refractivity contribution is -0.149. The third kappa shape index (κ3) is 5.82. The van der Waals surface area contributed by atoms with Crippen molar-refractivity contribution in [1.29, 1.82) is 0 Å². The molecule has 1 amide bonds. The van der Waals surface area contributed by atoms with Crippen LogP contribution in [0.15, 0.2) is 85.1 Å². The largest absolute Gasteiger partial charge is 0.508 e. The minimum Gasteiger partial charge on any atom is -0.508 e. The summed E-state index contributed by atoms with van der Waals surface area (Å²) in [6.07, 6.45) is 2.37. The molecule has 4 rings (SSSR count). The van der Waals surface area contributed by atoms with E-state index in [2.05, 4.69) is 10.3 Å². The Kier molecular flexibility index (Phi) is 7.25. The summed E-state index contributed by atoms with van der Waals surface area (Å²) in [5, 5.41) is 13.2. The number of aromatic nitrogens is 1. The number of esters is 1. The van der Waals surface area contributed by atoms with Crippen LogP contribution >= 0.6 is 0 Å². The van der Waals surface area contributed by atoms with Crippen LogP contribution in [0.1, 0.15) is 16.7 Å². The molecule has 34 heavy (non-hydrogen) atoms. The van der Waals surface area contributed by atoms with Gasteiger partial charge in [-0.2, -0.15) is 0 Å². The number of H-pyrrole nitrogens is 1. The van der Waals surface area contributed by atoms with Gasteiger partial charge in [0.2, 0.25) is 5.91 Å². The Hall–Kier alpha value is -4.10. The van der Waals surface area contributed by atoms with Crippen LogP contribution in [-0.2, 0) is 33.8 Å². The Bertz CT molecular complexity index is 1250. The molecule has 0 aliphatic carbocycles. The second-order valence-corrected chi connectivity index (χ2v) is 8.20. The number of amides is 1. The normalized spacial score (nSPS) is 12.7. The molecule has 0 aliphatic rings. The van der Waals surface area contributed by atoms with Crippen molar-refractivity contribution < 1.29 is 19.4 Å². The zero-order valence-corrected chi connectivity index (χ0v) is 18.6. The maximum absolute atomic E-state index is 13.0. The maximum Gasteiger partial charge on any atom is 0.329 e. The van der Waals surface area contributed by atoms with E-state index in [9.17, 15) is 14.7 Å². The molecule has 4 aromatic rings. The van der Waals surface area contributed by atoms with Gasteiger partial charge >= 0.3 is 5.97 Å². The first-order chi connectivity index (χ1) is 16.5. The Morgan fingerprint density at radius 3 is 2.38 bits per heavy atom. The van der Waals surface area contributed by atoms with E-state index in [0.29, 0.717) is 0 Å². The van der Waals surface area contributed by atoms with E-state index in [-0.39, 0.29) is 25.2 Å². The number of nitrogens with one attached hydrogen (secondary N) is 2. The van der Waals surface area contributed by atoms with Crippen molar-refractivity contribution in [3.8, 4) is 5.75 Å². The molecule has 0 aliphatic heterocycles. The number of phenolic OH excluding ortho intramolecular Hbond substituents is 1. The Morgan fingerprint density at radius 2 is 1.62 bits per heavy atom. The van der Waals surface area contributed by atoms with Crippen molar-refractivity contribution in [3.63, 3.8) is 0 Å². The fraction of sp³-hybridized carbons (Fsp3) is 0.185. The van der Waals surface area contributed by atoms with Gasteiger partial charge < -0.3 is 25.9 Å². The highest BCUT2D eigenvalue weighted by molar-refractivity contribution is 5.89. The molecule has 7 nitrogen and oxygen atoms in total. The van der Waals surface area contributed by atoms with E-state index in [0.717, 1.165) is 27.6 Å². The van der Waals surface area contributed by atoms with Gasteiger partial charge in [0.05, 0.1) is 6.04 Å². The number of carbonyl (C=O) groups excluding carboxylic acids is 2. The number of aromatic hydroxyl groups is 1. The number of nitrogens with two attached hydrogens (primary N) is 1. The van der Waals surface area contributed by atoms with Crippen molar-refractivity contribution in [1.82, 2.24) is 10.3 Å². The Morgan fingerprint density at radius 1 is 0.912 bits per heavy atom. The summed E-state index contributed by atoms with van der Waals surface area (Å²) in [6.45, 7) is 0.111. The predicted octanol–water partition coefficient (Wildman–Crippen LogP) is 3.21. The fourth-order valence-corrected chi connectivity index (χ4v) is 3.80. The molecular weight excluding hydrogens is 430 g/mol. The highest BCUT2D eigenvalue weighted by atomic mass is 16.5. The van der Waals surface area contributed by atoms with Crippen LogP contribution in [0.2, 0.25) is 0 Å². The molecule has 0 fully saturated rings. The van der Waals surface area contributed by atoms with Gasteiger partial charge in [-0.05, 0) is 41.3 Å². The SMILES string of the molecule is N[C@@H](Cc1ccc(O)cc1)C(=O)N[C@@H](Cc1c[nH]c2ccccc12)C(=O)OCc1ccccc1. The summed E-state index contributed by atoms with van der Waals surface area (Å²) in [5.41, 5.74) is 9.64. The lowest BCUT2D eigenvalue weighted by atomic mass is 10.0. The number of para-hydroxylation sites is 1. The van der Waals surface area contributed by atoms with E-state index in [1.54, 1.807) is 24.3 Å². The lowest BCUT2D eigenvalue weighted by Crippen LogP contribution is -2.50. The highest BCUT2D eigenvalue weighted by Crippen LogP contribution is 2.20. The molecule has 1 heterocycles. The lowest BCUT2D eigenvalue weighted by Gasteiger charge is -2.20. The van der Waals surface area contributed by atoms with E-state index in [1.165, 1.54) is 0 Å². The third-order valence-electron chi connectivity index (χ3n) is 5.65. The molecule has 0 saturated heterocycles. The summed E-state index contributed by atoms with van der Waals surface area (Å²) in [4.78, 5) is 29.1. The number of hydrogen-bond acceptors (Lipinski definition) is 5. The van der Waals surface area contributed by atoms with Gasteiger partial charge in [0.15, 0.2) is 0 Å². The number of fused-ring (bicyclic) bond motifs is 1. The topological polar surface area (TPSA) is 117 Å². The zero-order valence-electron chi connectivity index (χ0n) is 18.6. The summed E-state index contributed by atoms with van der Waals surface area (Å²) < 4.78 is 5.53. The van der Waals surface area contributed by atoms with Crippen molar-refractivity contribution >= 4 is 22.8 Å². The van der Waals surface area contributed by atoms with Crippen molar-refractivity contribution in [2.24, 2.45) is 5.73 Å². The van der Waals surface area contributed by atoms with Crippen LogP contribution in [-0.4, -0.2) is 34.1 Å². The molecule has 0 spiro atoms. The molecular formula is C27H27N3O4. The van der Waals surface area contributed by atoms with Gasteiger partial charge in [0.1, 0.15) is 18.4 Å². The standard InChI is InChI=1S/C27H27N3O4/c28-23(14-18-10-12-21(31)13-11-18)26(32)30-25(27(33)34-17-19-6-2-1-3-7-19)15-20-16-29-24-9-5-4-8-22(20)24/h1-13,16,23,25,29,31H,14-15,17,28H2,(H,30,32)/t23-,25-/m0/s1. The minimum absolute atomic E-state index is 0.111. The van der Waals surface area contributed by atoms with Gasteiger partial charge in [0, 0.05) is 23.5 Å². The molecule has 1 aromatic heterocycles. The molecule has 5 N–H and O–H groups in total. The molecule has 2 atom stereocenters. The zero-order chi connectivity index (χ0) is 23.9. The van der Waals surface area contributed by atoms with Crippen LogP contribution < -0.4 is 11.1 Å². The summed E-state index contributed by atoms with van der Waals surface area (Å²) >= 11 is 0. The number of ether oxygens (including phenoxy) is 1. The number of carbonyl (C=O) groups is 2. The highest BCUT2D eigenvalue weighted by Gasteiger charge is 2.26. The van der Waals surface area contributed by atoms with Crippen LogP contribution in [0.4, 0.5) is 0 Å². The number of hydrogen-bond donors (Lipinski definition) is 4. The van der Waals surface area contributed by atoms with E-state index in [1.807, 2.05) is 60.8 Å². The van der Waals surface area contributed by atoms with Crippen LogP contribution in [0.5, 0.6) is 5.75 Å². The molecule has 3 aromatic carbocycles. The molecule has 174 valence electrons. The summed E-state index contributed by atoms with van der Waals surface area (Å²) in [5.74, 6) is -0.837. The number of rotatable bonds is 9. The van der Waals surface area contributed by atoms with Gasteiger partial charge in [-0.15, -0.1) is 0 Å². The molecule has 0 unspecified atom stereocenters. The van der Waals surface area contributed by atoms with Crippen LogP contribution in [0.3, 0.4) is 0 Å². The van der Waals surface area contributed by atoms with E-state index >= 15 is 0 Å². The van der Waals surface area contributed by atoms with Crippen LogP contribution in [0, 0.1) is 0 Å². The predicted molar refractivity (Wildman–Crippen MR) is 130 cm³/mol. The Balaban J connectivity index is 1.48. The third-order valence-corrected chi connectivity index (χ3v) is 5.65. The van der Waals surface area contributed by atoms with Crippen molar-refractivity contribution in [2.75, 3.05) is 0 Å². The number of aromatic amines is 1. The van der Waals surface area contributed by atoms with Crippen LogP contribution in [0.25, 0.3) is 10.9 Å². The summed E-state index contributed by atoms with van der Waals surface area (Å²) in [7, 11) is 0. The van der Waals surface area contributed by atoms with Gasteiger partial charge in [-0.25, -0.2) is 4.79 Å². The first-order valence-corrected chi connectivity index (χ1v) is 11.1. The molecule has 0 bridgehead atoms. The average molecular weight is 458 g/mol. The first kappa shape index (κ1) is 23.1. The summed E-state index contributed by atoms with van der Waals surface area (Å²) in [6, 6.07) is 21.9. The fourth-order valence-electron chi connectivity index (χ4n) is 3.80. The number of phenols is 1. The second kappa shape index (κ2) is 10.7. The van der Waals surface area contributed by atoms with Gasteiger partial charge in [0.25, 0.3) is 0 Å². The molecule has 0 saturated carbocycles. The minimum atomic E-state index is -0.902. The first-order valence-electron chi connectivity index (χ1n) is 11.1. The smallest absolute Gasteiger partial charge is 0.329 e. The Labute approximate surface area is 197 Å². The average Bonchev–Trinajstić information content (AvgIpc) is 3.27. The maximum atomic E-state index is 13.0. The van der Waals surface area contributed by atoms with E-state index < -0.39 is 24.0 Å². The van der Waals surface area contributed by atoms with Crippen molar-refractivity contribution in [2.45, 2.75) is 31.5 Å². The number of benzene rings is 3. The second-order valence-electron chi connectivity index (χ2n) is 8.20. The molecule has 0 radical (unpaired) electrons. The monoisotopic (exact) mass is 457 g/mol. The van der Waals surface area contributed by atoms with E-state index in [4.69, 9.17) is 10.5 Å². The van der Waals surface area contributed by atoms with Gasteiger partial charge in [-0.3, -0.25) is 4.79 Å². The van der Waals surface area contributed by atoms with Gasteiger partial charge in [-0.1, -0.05) is 60.7 Å². The van der Waals surface area contributed by atoms with Crippen molar-refractivity contribution in [3.05, 3.63) is 102 Å². The molecule has 7 heteroatoms. The quantitative estimate of drug-likeness (QED) is 0.288.